The number of nitrogens with zero attached hydrogens (tertiary/aromatic N) is 1. The highest BCUT2D eigenvalue weighted by Gasteiger charge is 2.31. The minimum absolute atomic E-state index is 0.450. The van der Waals surface area contributed by atoms with Crippen LogP contribution in [0.15, 0.2) is 17.5 Å². The first-order chi connectivity index (χ1) is 7.16. The Morgan fingerprint density at radius 1 is 1.60 bits per heavy atom. The minimum Gasteiger partial charge on any atom is -0.328 e. The zero-order chi connectivity index (χ0) is 10.8. The van der Waals surface area contributed by atoms with Crippen molar-refractivity contribution < 1.29 is 0 Å². The summed E-state index contributed by atoms with van der Waals surface area (Å²) in [6, 6.07) is 6.15. The summed E-state index contributed by atoms with van der Waals surface area (Å²) >= 11 is 1.86. The van der Waals surface area contributed by atoms with Gasteiger partial charge in [0.1, 0.15) is 0 Å². The molecule has 0 saturated heterocycles. The summed E-state index contributed by atoms with van der Waals surface area (Å²) in [5, 5.41) is 2.15. The summed E-state index contributed by atoms with van der Waals surface area (Å²) in [6.07, 6.45) is 3.51. The zero-order valence-corrected chi connectivity index (χ0v) is 10.3. The Balaban J connectivity index is 1.82. The lowest BCUT2D eigenvalue weighted by Gasteiger charge is -2.42. The fourth-order valence-corrected chi connectivity index (χ4v) is 3.01. The molecule has 15 heavy (non-hydrogen) atoms. The van der Waals surface area contributed by atoms with Gasteiger partial charge >= 0.3 is 0 Å². The van der Waals surface area contributed by atoms with Gasteiger partial charge in [0.25, 0.3) is 0 Å². The van der Waals surface area contributed by atoms with Crippen molar-refractivity contribution in [3.05, 3.63) is 22.4 Å². The maximum atomic E-state index is 5.82. The molecule has 1 fully saturated rings. The first kappa shape index (κ1) is 11.1. The van der Waals surface area contributed by atoms with Crippen molar-refractivity contribution >= 4 is 11.3 Å². The Morgan fingerprint density at radius 2 is 2.33 bits per heavy atom. The van der Waals surface area contributed by atoms with Crippen LogP contribution in [0.5, 0.6) is 0 Å². The number of hydrogen-bond acceptors (Lipinski definition) is 3. The van der Waals surface area contributed by atoms with Gasteiger partial charge in [0.2, 0.25) is 0 Å². The van der Waals surface area contributed by atoms with Crippen LogP contribution in [0, 0.1) is 0 Å². The van der Waals surface area contributed by atoms with Gasteiger partial charge in [0.05, 0.1) is 0 Å². The molecule has 0 aromatic carbocycles. The minimum atomic E-state index is 0.450. The molecule has 2 N–H and O–H groups in total. The van der Waals surface area contributed by atoms with Crippen LogP contribution in [0.2, 0.25) is 0 Å². The van der Waals surface area contributed by atoms with Crippen molar-refractivity contribution in [2.24, 2.45) is 5.73 Å². The maximum Gasteiger partial charge on any atom is 0.0125 e. The molecule has 84 valence electrons. The third kappa shape index (κ3) is 2.60. The fraction of sp³-hybridized carbons (Fsp3) is 0.667. The van der Waals surface area contributed by atoms with E-state index in [9.17, 15) is 0 Å². The Bertz CT molecular complexity index is 291. The van der Waals surface area contributed by atoms with E-state index in [4.69, 9.17) is 5.73 Å². The molecule has 1 aliphatic rings. The summed E-state index contributed by atoms with van der Waals surface area (Å²) in [6.45, 7) is 2.31. The molecular formula is C12H20N2S. The number of likely N-dealkylation sites (N-methyl/N-ethyl adjacent to an activating group) is 1. The highest BCUT2D eigenvalue weighted by atomic mass is 32.1. The van der Waals surface area contributed by atoms with Gasteiger partial charge in [-0.2, -0.15) is 0 Å². The molecule has 1 aromatic rings. The molecular weight excluding hydrogens is 204 g/mol. The van der Waals surface area contributed by atoms with E-state index in [1.807, 2.05) is 11.3 Å². The molecule has 0 aliphatic heterocycles. The predicted molar refractivity (Wildman–Crippen MR) is 66.2 cm³/mol. The van der Waals surface area contributed by atoms with Crippen molar-refractivity contribution in [1.29, 1.82) is 0 Å². The lowest BCUT2D eigenvalue weighted by atomic mass is 9.85. The molecule has 1 unspecified atom stereocenters. The van der Waals surface area contributed by atoms with Gasteiger partial charge in [-0.25, -0.2) is 0 Å². The Hall–Kier alpha value is -0.380. The van der Waals surface area contributed by atoms with Crippen molar-refractivity contribution in [3.63, 3.8) is 0 Å². The van der Waals surface area contributed by atoms with Gasteiger partial charge < -0.3 is 10.6 Å². The van der Waals surface area contributed by atoms with Gasteiger partial charge in [-0.3, -0.25) is 0 Å². The van der Waals surface area contributed by atoms with Gasteiger partial charge in [-0.05, 0) is 44.7 Å². The van der Waals surface area contributed by atoms with Crippen LogP contribution < -0.4 is 5.73 Å². The molecule has 1 aromatic heterocycles. The van der Waals surface area contributed by atoms with Gasteiger partial charge in [0.15, 0.2) is 0 Å². The molecule has 2 nitrogen and oxygen atoms in total. The van der Waals surface area contributed by atoms with Crippen LogP contribution in [0.4, 0.5) is 0 Å². The van der Waals surface area contributed by atoms with Crippen molar-refractivity contribution in [1.82, 2.24) is 4.90 Å². The van der Waals surface area contributed by atoms with Crippen LogP contribution in [0.25, 0.3) is 0 Å². The van der Waals surface area contributed by atoms with Gasteiger partial charge in [-0.15, -0.1) is 11.3 Å². The molecule has 1 aliphatic carbocycles. The third-order valence-electron chi connectivity index (χ3n) is 3.50. The van der Waals surface area contributed by atoms with Crippen molar-refractivity contribution in [3.8, 4) is 0 Å². The van der Waals surface area contributed by atoms with E-state index in [2.05, 4.69) is 36.4 Å². The van der Waals surface area contributed by atoms with E-state index in [1.54, 1.807) is 0 Å². The predicted octanol–water partition coefficient (Wildman–Crippen LogP) is 2.10. The molecule has 2 rings (SSSR count). The second-order valence-electron chi connectivity index (χ2n) is 4.68. The SMILES string of the molecule is CC(Cc1cccs1)N(C)C1CC(N)C1. The van der Waals surface area contributed by atoms with Crippen LogP contribution in [-0.2, 0) is 6.42 Å². The zero-order valence-electron chi connectivity index (χ0n) is 9.52. The second-order valence-corrected chi connectivity index (χ2v) is 5.72. The highest BCUT2D eigenvalue weighted by Crippen LogP contribution is 2.25. The van der Waals surface area contributed by atoms with Crippen LogP contribution in [0.1, 0.15) is 24.6 Å². The first-order valence-electron chi connectivity index (χ1n) is 5.66. The summed E-state index contributed by atoms with van der Waals surface area (Å²) in [7, 11) is 2.23. The Kier molecular flexibility index (Phi) is 3.44. The summed E-state index contributed by atoms with van der Waals surface area (Å²) in [5.41, 5.74) is 5.82. The van der Waals surface area contributed by atoms with Gasteiger partial charge in [0, 0.05) is 23.0 Å². The maximum absolute atomic E-state index is 5.82. The van der Waals surface area contributed by atoms with Crippen molar-refractivity contribution in [2.45, 2.75) is 44.3 Å². The number of hydrogen-bond donors (Lipinski definition) is 1. The fourth-order valence-electron chi connectivity index (χ4n) is 2.19. The molecule has 0 radical (unpaired) electrons. The smallest absolute Gasteiger partial charge is 0.0125 e. The van der Waals surface area contributed by atoms with E-state index in [1.165, 1.54) is 24.1 Å². The number of nitrogens with two attached hydrogens (primary N) is 1. The molecule has 1 heterocycles. The lowest BCUT2D eigenvalue weighted by Crippen LogP contribution is -2.52. The average Bonchev–Trinajstić information content (AvgIpc) is 2.64. The van der Waals surface area contributed by atoms with E-state index >= 15 is 0 Å². The molecule has 1 saturated carbocycles. The largest absolute Gasteiger partial charge is 0.328 e. The van der Waals surface area contributed by atoms with Gasteiger partial charge in [-0.1, -0.05) is 6.07 Å². The van der Waals surface area contributed by atoms with E-state index in [0.717, 1.165) is 6.04 Å². The Labute approximate surface area is 96.1 Å². The number of thiophene rings is 1. The molecule has 1 atom stereocenters. The summed E-state index contributed by atoms with van der Waals surface area (Å²) in [4.78, 5) is 3.97. The van der Waals surface area contributed by atoms with E-state index in [-0.39, 0.29) is 0 Å². The monoisotopic (exact) mass is 224 g/mol. The normalized spacial score (nSPS) is 27.7. The second kappa shape index (κ2) is 4.64. The topological polar surface area (TPSA) is 29.3 Å². The quantitative estimate of drug-likeness (QED) is 0.848. The molecule has 0 bridgehead atoms. The molecule has 3 heteroatoms. The highest BCUT2D eigenvalue weighted by molar-refractivity contribution is 7.09. The van der Waals surface area contributed by atoms with Crippen LogP contribution >= 0.6 is 11.3 Å². The average molecular weight is 224 g/mol. The lowest BCUT2D eigenvalue weighted by molar-refractivity contribution is 0.102. The summed E-state index contributed by atoms with van der Waals surface area (Å²) in [5.74, 6) is 0. The van der Waals surface area contributed by atoms with E-state index in [0.29, 0.717) is 12.1 Å². The molecule has 0 spiro atoms. The molecule has 0 amide bonds. The van der Waals surface area contributed by atoms with Crippen LogP contribution in [0.3, 0.4) is 0 Å². The Morgan fingerprint density at radius 3 is 2.87 bits per heavy atom. The van der Waals surface area contributed by atoms with Crippen molar-refractivity contribution in [2.75, 3.05) is 7.05 Å². The van der Waals surface area contributed by atoms with E-state index < -0.39 is 0 Å². The van der Waals surface area contributed by atoms with Crippen LogP contribution in [-0.4, -0.2) is 30.1 Å². The standard InChI is InChI=1S/C12H20N2S/c1-9(6-12-4-3-5-15-12)14(2)11-7-10(13)8-11/h3-5,9-11H,6-8,13H2,1-2H3. The number of rotatable bonds is 4. The summed E-state index contributed by atoms with van der Waals surface area (Å²) < 4.78 is 0. The first-order valence-corrected chi connectivity index (χ1v) is 6.54. The third-order valence-corrected chi connectivity index (χ3v) is 4.40.